The summed E-state index contributed by atoms with van der Waals surface area (Å²) in [7, 11) is 0. The van der Waals surface area contributed by atoms with Crippen LogP contribution in [0.3, 0.4) is 0 Å². The Labute approximate surface area is 93.1 Å². The predicted octanol–water partition coefficient (Wildman–Crippen LogP) is -0.731. The van der Waals surface area contributed by atoms with E-state index >= 15 is 0 Å². The third kappa shape index (κ3) is 3.68. The highest BCUT2D eigenvalue weighted by molar-refractivity contribution is 5.96. The van der Waals surface area contributed by atoms with Crippen molar-refractivity contribution in [3.8, 4) is 0 Å². The van der Waals surface area contributed by atoms with Crippen molar-refractivity contribution in [2.45, 2.75) is 13.0 Å². The number of nitrogens with zero attached hydrogens (tertiary/aromatic N) is 1. The Bertz CT molecular complexity index is 366. The van der Waals surface area contributed by atoms with Crippen LogP contribution in [0.4, 0.5) is 0 Å². The maximum Gasteiger partial charge on any atom is 0.246 e. The van der Waals surface area contributed by atoms with Crippen molar-refractivity contribution in [2.75, 3.05) is 0 Å². The smallest absolute Gasteiger partial charge is 0.246 e. The van der Waals surface area contributed by atoms with E-state index in [0.717, 1.165) is 10.6 Å². The molecule has 1 rings (SSSR count). The van der Waals surface area contributed by atoms with Crippen molar-refractivity contribution < 1.29 is 9.59 Å². The second kappa shape index (κ2) is 5.84. The highest BCUT2D eigenvalue weighted by Gasteiger charge is 2.13. The van der Waals surface area contributed by atoms with E-state index in [2.05, 4.69) is 0 Å². The van der Waals surface area contributed by atoms with Crippen LogP contribution in [-0.4, -0.2) is 16.8 Å². The quantitative estimate of drug-likeness (QED) is 0.270. The summed E-state index contributed by atoms with van der Waals surface area (Å²) in [4.78, 5) is 22.2. The van der Waals surface area contributed by atoms with E-state index in [1.165, 1.54) is 0 Å². The van der Waals surface area contributed by atoms with Gasteiger partial charge >= 0.3 is 0 Å². The van der Waals surface area contributed by atoms with Gasteiger partial charge in [-0.05, 0) is 5.56 Å². The molecule has 16 heavy (non-hydrogen) atoms. The van der Waals surface area contributed by atoms with E-state index in [9.17, 15) is 9.59 Å². The molecular formula is C10H14N4O2. The molecule has 0 aliphatic carbocycles. The standard InChI is InChI=1S/C10H14N4O2/c11-13-9(15)6-10(16)14(12)7-8-4-2-1-3-5-8/h1-5H,6-7,11-12H2,(H,13,15). The number of nitrogens with one attached hydrogen (secondary N) is 1. The zero-order valence-electron chi connectivity index (χ0n) is 8.72. The van der Waals surface area contributed by atoms with E-state index in [4.69, 9.17) is 11.7 Å². The van der Waals surface area contributed by atoms with E-state index in [1.54, 1.807) is 0 Å². The molecule has 0 saturated heterocycles. The minimum Gasteiger partial charge on any atom is -0.294 e. The monoisotopic (exact) mass is 222 g/mol. The molecule has 0 atom stereocenters. The van der Waals surface area contributed by atoms with Crippen molar-refractivity contribution in [3.63, 3.8) is 0 Å². The van der Waals surface area contributed by atoms with Gasteiger partial charge in [-0.15, -0.1) is 0 Å². The van der Waals surface area contributed by atoms with Crippen molar-refractivity contribution >= 4 is 11.8 Å². The van der Waals surface area contributed by atoms with Crippen LogP contribution in [-0.2, 0) is 16.1 Å². The Balaban J connectivity index is 2.49. The number of hydrogen-bond donors (Lipinski definition) is 3. The van der Waals surface area contributed by atoms with E-state index in [-0.39, 0.29) is 13.0 Å². The fourth-order valence-electron chi connectivity index (χ4n) is 1.16. The van der Waals surface area contributed by atoms with Gasteiger partial charge in [0, 0.05) is 0 Å². The first-order valence-corrected chi connectivity index (χ1v) is 4.72. The van der Waals surface area contributed by atoms with Crippen molar-refractivity contribution in [2.24, 2.45) is 11.7 Å². The number of nitrogens with two attached hydrogens (primary N) is 2. The Hall–Kier alpha value is -1.92. The molecule has 1 aromatic carbocycles. The van der Waals surface area contributed by atoms with Gasteiger partial charge in [-0.3, -0.25) is 20.0 Å². The Morgan fingerprint density at radius 3 is 2.44 bits per heavy atom. The van der Waals surface area contributed by atoms with Crippen LogP contribution in [0.1, 0.15) is 12.0 Å². The first-order valence-electron chi connectivity index (χ1n) is 4.72. The molecule has 0 aliphatic heterocycles. The first-order chi connectivity index (χ1) is 7.63. The molecule has 0 heterocycles. The second-order valence-electron chi connectivity index (χ2n) is 3.25. The molecule has 6 heteroatoms. The molecular weight excluding hydrogens is 208 g/mol. The van der Waals surface area contributed by atoms with Gasteiger partial charge < -0.3 is 0 Å². The van der Waals surface area contributed by atoms with Crippen LogP contribution >= 0.6 is 0 Å². The highest BCUT2D eigenvalue weighted by Crippen LogP contribution is 2.02. The van der Waals surface area contributed by atoms with Gasteiger partial charge in [0.25, 0.3) is 0 Å². The van der Waals surface area contributed by atoms with Gasteiger partial charge in [0.15, 0.2) is 0 Å². The zero-order chi connectivity index (χ0) is 12.0. The summed E-state index contributed by atoms with van der Waals surface area (Å²) in [6.07, 6.45) is -0.347. The summed E-state index contributed by atoms with van der Waals surface area (Å²) >= 11 is 0. The number of hydrogen-bond acceptors (Lipinski definition) is 4. The maximum absolute atomic E-state index is 11.4. The molecule has 0 fully saturated rings. The Kier molecular flexibility index (Phi) is 4.43. The maximum atomic E-state index is 11.4. The lowest BCUT2D eigenvalue weighted by atomic mass is 10.2. The first kappa shape index (κ1) is 12.2. The molecule has 0 saturated carbocycles. The van der Waals surface area contributed by atoms with Crippen molar-refractivity contribution in [3.05, 3.63) is 35.9 Å². The SMILES string of the molecule is NNC(=O)CC(=O)N(N)Cc1ccccc1. The number of rotatable bonds is 4. The third-order valence-corrected chi connectivity index (χ3v) is 1.99. The summed E-state index contributed by atoms with van der Waals surface area (Å²) in [5.41, 5.74) is 2.77. The summed E-state index contributed by atoms with van der Waals surface area (Å²) < 4.78 is 0. The fourth-order valence-corrected chi connectivity index (χ4v) is 1.16. The molecule has 0 bridgehead atoms. The van der Waals surface area contributed by atoms with Gasteiger partial charge in [-0.1, -0.05) is 30.3 Å². The fraction of sp³-hybridized carbons (Fsp3) is 0.200. The number of amides is 2. The van der Waals surface area contributed by atoms with Gasteiger partial charge in [0.2, 0.25) is 11.8 Å². The minimum absolute atomic E-state index is 0.261. The molecule has 0 unspecified atom stereocenters. The summed E-state index contributed by atoms with van der Waals surface area (Å²) in [6, 6.07) is 9.25. The molecule has 1 aromatic rings. The van der Waals surface area contributed by atoms with Crippen molar-refractivity contribution in [1.29, 1.82) is 0 Å². The van der Waals surface area contributed by atoms with E-state index in [1.807, 2.05) is 35.8 Å². The normalized spacial score (nSPS) is 9.62. The summed E-state index contributed by atoms with van der Waals surface area (Å²) in [5, 5.41) is 0.991. The van der Waals surface area contributed by atoms with Crippen LogP contribution in [0.25, 0.3) is 0 Å². The van der Waals surface area contributed by atoms with Crippen LogP contribution in [0.15, 0.2) is 30.3 Å². The minimum atomic E-state index is -0.562. The molecule has 0 aliphatic rings. The van der Waals surface area contributed by atoms with Gasteiger partial charge in [-0.2, -0.15) is 0 Å². The van der Waals surface area contributed by atoms with Crippen LogP contribution in [0.2, 0.25) is 0 Å². The molecule has 5 N–H and O–H groups in total. The van der Waals surface area contributed by atoms with Gasteiger partial charge in [0.05, 0.1) is 6.54 Å². The average molecular weight is 222 g/mol. The topological polar surface area (TPSA) is 101 Å². The second-order valence-corrected chi connectivity index (χ2v) is 3.25. The molecule has 0 spiro atoms. The van der Waals surface area contributed by atoms with Gasteiger partial charge in [-0.25, -0.2) is 11.7 Å². The number of benzene rings is 1. The van der Waals surface area contributed by atoms with Crippen LogP contribution in [0, 0.1) is 0 Å². The number of carbonyl (C=O) groups excluding carboxylic acids is 2. The third-order valence-electron chi connectivity index (χ3n) is 1.99. The van der Waals surface area contributed by atoms with Crippen LogP contribution < -0.4 is 17.1 Å². The molecule has 86 valence electrons. The molecule has 6 nitrogen and oxygen atoms in total. The highest BCUT2D eigenvalue weighted by atomic mass is 16.2. The number of carbonyl (C=O) groups is 2. The van der Waals surface area contributed by atoms with Gasteiger partial charge in [0.1, 0.15) is 6.42 Å². The average Bonchev–Trinajstić information content (AvgIpc) is 2.30. The molecule has 2 amide bonds. The zero-order valence-corrected chi connectivity index (χ0v) is 8.72. The number of hydrazine groups is 2. The Morgan fingerprint density at radius 2 is 1.88 bits per heavy atom. The Morgan fingerprint density at radius 1 is 1.25 bits per heavy atom. The van der Waals surface area contributed by atoms with E-state index in [0.29, 0.717) is 0 Å². The summed E-state index contributed by atoms with van der Waals surface area (Å²) in [5.74, 6) is 9.34. The van der Waals surface area contributed by atoms with E-state index < -0.39 is 11.8 Å². The lowest BCUT2D eigenvalue weighted by Crippen LogP contribution is -2.41. The lowest BCUT2D eigenvalue weighted by Gasteiger charge is -2.16. The molecule has 0 aromatic heterocycles. The van der Waals surface area contributed by atoms with Crippen LogP contribution in [0.5, 0.6) is 0 Å². The summed E-state index contributed by atoms with van der Waals surface area (Å²) in [6.45, 7) is 0.261. The largest absolute Gasteiger partial charge is 0.294 e. The lowest BCUT2D eigenvalue weighted by molar-refractivity contribution is -0.136. The van der Waals surface area contributed by atoms with Crippen molar-refractivity contribution in [1.82, 2.24) is 10.4 Å². The molecule has 0 radical (unpaired) electrons. The predicted molar refractivity (Wildman–Crippen MR) is 58.1 cm³/mol.